The highest BCUT2D eigenvalue weighted by Gasteiger charge is 2.19. The van der Waals surface area contributed by atoms with Gasteiger partial charge in [-0.05, 0) is 23.1 Å². The van der Waals surface area contributed by atoms with Gasteiger partial charge in [-0.1, -0.05) is 30.3 Å². The smallest absolute Gasteiger partial charge is 0.315 e. The lowest BCUT2D eigenvalue weighted by molar-refractivity contribution is 0.241. The van der Waals surface area contributed by atoms with Crippen LogP contribution in [0.25, 0.3) is 10.9 Å². The van der Waals surface area contributed by atoms with Gasteiger partial charge in [0.15, 0.2) is 0 Å². The number of aromatic amines is 1. The molecule has 0 bridgehead atoms. The van der Waals surface area contributed by atoms with E-state index >= 15 is 0 Å². The fraction of sp³-hybridized carbons (Fsp3) is 0.167. The molecule has 0 unspecified atom stereocenters. The average Bonchev–Trinajstić information content (AvgIpc) is 3.24. The summed E-state index contributed by atoms with van der Waals surface area (Å²) in [5.74, 6) is 0.126. The number of benzene rings is 1. The minimum Gasteiger partial charge on any atom is -0.361 e. The number of carbonyl (C=O) groups excluding carboxylic acids is 1. The van der Waals surface area contributed by atoms with Crippen LogP contribution < -0.4 is 10.6 Å². The van der Waals surface area contributed by atoms with Crippen LogP contribution >= 0.6 is 11.3 Å². The normalized spacial score (nSPS) is 12.0. The van der Waals surface area contributed by atoms with Crippen molar-refractivity contribution in [3.05, 3.63) is 71.1 Å². The molecule has 0 aliphatic rings. The van der Waals surface area contributed by atoms with E-state index in [4.69, 9.17) is 0 Å². The Hall–Kier alpha value is -2.53. The largest absolute Gasteiger partial charge is 0.361 e. The Labute approximate surface area is 139 Å². The van der Waals surface area contributed by atoms with Crippen LogP contribution in [-0.2, 0) is 0 Å². The maximum atomic E-state index is 11.8. The Balaban J connectivity index is 1.85. The molecule has 0 fully saturated rings. The number of amides is 2. The number of nitrogens with one attached hydrogen (secondary N) is 3. The molecular formula is C18H19N3OS. The molecule has 118 valence electrons. The zero-order valence-corrected chi connectivity index (χ0v) is 13.5. The molecule has 1 atom stereocenters. The van der Waals surface area contributed by atoms with Gasteiger partial charge in [-0.15, -0.1) is 17.9 Å². The summed E-state index contributed by atoms with van der Waals surface area (Å²) >= 11 is 1.71. The number of H-pyrrole nitrogens is 1. The third kappa shape index (κ3) is 3.46. The zero-order valence-electron chi connectivity index (χ0n) is 12.7. The van der Waals surface area contributed by atoms with Gasteiger partial charge in [-0.25, -0.2) is 4.79 Å². The Morgan fingerprint density at radius 2 is 2.13 bits per heavy atom. The zero-order chi connectivity index (χ0) is 16.1. The fourth-order valence-electron chi connectivity index (χ4n) is 2.66. The molecule has 2 aromatic heterocycles. The second kappa shape index (κ2) is 7.15. The minimum absolute atomic E-state index is 0.126. The molecule has 1 aromatic carbocycles. The molecule has 0 radical (unpaired) electrons. The van der Waals surface area contributed by atoms with Crippen molar-refractivity contribution in [3.63, 3.8) is 0 Å². The summed E-state index contributed by atoms with van der Waals surface area (Å²) in [7, 11) is 0. The van der Waals surface area contributed by atoms with Crippen LogP contribution in [0.2, 0.25) is 0 Å². The maximum Gasteiger partial charge on any atom is 0.315 e. The maximum absolute atomic E-state index is 11.8. The molecule has 4 nitrogen and oxygen atoms in total. The number of thiophene rings is 1. The first-order chi connectivity index (χ1) is 11.3. The van der Waals surface area contributed by atoms with E-state index in [-0.39, 0.29) is 11.9 Å². The van der Waals surface area contributed by atoms with Gasteiger partial charge in [0.25, 0.3) is 0 Å². The summed E-state index contributed by atoms with van der Waals surface area (Å²) in [4.78, 5) is 16.4. The van der Waals surface area contributed by atoms with Crippen LogP contribution in [0.15, 0.2) is 60.6 Å². The van der Waals surface area contributed by atoms with Crippen LogP contribution in [0.4, 0.5) is 4.79 Å². The Kier molecular flexibility index (Phi) is 4.78. The van der Waals surface area contributed by atoms with Gasteiger partial charge in [-0.3, -0.25) is 0 Å². The van der Waals surface area contributed by atoms with Crippen LogP contribution in [0.1, 0.15) is 16.4 Å². The van der Waals surface area contributed by atoms with Gasteiger partial charge < -0.3 is 15.6 Å². The van der Waals surface area contributed by atoms with Crippen molar-refractivity contribution in [2.75, 3.05) is 13.1 Å². The summed E-state index contributed by atoms with van der Waals surface area (Å²) in [6, 6.07) is 12.2. The lowest BCUT2D eigenvalue weighted by Gasteiger charge is -2.16. The molecule has 0 aliphatic carbocycles. The summed E-state index contributed by atoms with van der Waals surface area (Å²) < 4.78 is 0. The Bertz CT molecular complexity index is 792. The van der Waals surface area contributed by atoms with E-state index < -0.39 is 0 Å². The first kappa shape index (κ1) is 15.4. The van der Waals surface area contributed by atoms with Crippen LogP contribution in [0, 0.1) is 0 Å². The summed E-state index contributed by atoms with van der Waals surface area (Å²) in [6.45, 7) is 4.61. The highest BCUT2D eigenvalue weighted by atomic mass is 32.1. The first-order valence-corrected chi connectivity index (χ1v) is 8.39. The Morgan fingerprint density at radius 3 is 2.91 bits per heavy atom. The van der Waals surface area contributed by atoms with E-state index in [0.717, 1.165) is 5.52 Å². The Morgan fingerprint density at radius 1 is 1.26 bits per heavy atom. The number of para-hydroxylation sites is 1. The van der Waals surface area contributed by atoms with E-state index in [1.54, 1.807) is 17.4 Å². The first-order valence-electron chi connectivity index (χ1n) is 7.51. The third-order valence-electron chi connectivity index (χ3n) is 3.76. The molecule has 3 N–H and O–H groups in total. The molecule has 23 heavy (non-hydrogen) atoms. The predicted molar refractivity (Wildman–Crippen MR) is 96.1 cm³/mol. The molecule has 0 saturated carbocycles. The van der Waals surface area contributed by atoms with Gasteiger partial charge in [0.2, 0.25) is 0 Å². The number of fused-ring (bicyclic) bond motifs is 1. The molecule has 0 spiro atoms. The highest BCUT2D eigenvalue weighted by molar-refractivity contribution is 7.10. The molecule has 2 heterocycles. The van der Waals surface area contributed by atoms with E-state index in [1.807, 2.05) is 24.4 Å². The number of hydrogen-bond donors (Lipinski definition) is 3. The fourth-order valence-corrected chi connectivity index (χ4v) is 3.50. The van der Waals surface area contributed by atoms with Crippen molar-refractivity contribution >= 4 is 28.3 Å². The van der Waals surface area contributed by atoms with Crippen LogP contribution in [0.5, 0.6) is 0 Å². The van der Waals surface area contributed by atoms with E-state index in [1.165, 1.54) is 15.8 Å². The summed E-state index contributed by atoms with van der Waals surface area (Å²) in [5, 5.41) is 8.95. The average molecular weight is 325 g/mol. The van der Waals surface area contributed by atoms with Crippen molar-refractivity contribution in [1.29, 1.82) is 0 Å². The monoisotopic (exact) mass is 325 g/mol. The van der Waals surface area contributed by atoms with Gasteiger partial charge >= 0.3 is 6.03 Å². The minimum atomic E-state index is -0.175. The van der Waals surface area contributed by atoms with Crippen molar-refractivity contribution in [1.82, 2.24) is 15.6 Å². The van der Waals surface area contributed by atoms with Crippen molar-refractivity contribution in [3.8, 4) is 0 Å². The standard InChI is InChI=1S/C18H19N3OS/c1-2-9-19-18(22)21-12-15(17-8-5-10-23-17)14-11-20-16-7-4-3-6-13(14)16/h2-8,10-11,15,20H,1,9,12H2,(H2,19,21,22)/t15-/m1/s1. The van der Waals surface area contributed by atoms with Gasteiger partial charge in [-0.2, -0.15) is 0 Å². The molecular weight excluding hydrogens is 306 g/mol. The lowest BCUT2D eigenvalue weighted by atomic mass is 9.97. The number of rotatable bonds is 6. The number of hydrogen-bond acceptors (Lipinski definition) is 2. The second-order valence-electron chi connectivity index (χ2n) is 5.24. The summed E-state index contributed by atoms with van der Waals surface area (Å²) in [6.07, 6.45) is 3.70. The second-order valence-corrected chi connectivity index (χ2v) is 6.22. The summed E-state index contributed by atoms with van der Waals surface area (Å²) in [5.41, 5.74) is 2.31. The quantitative estimate of drug-likeness (QED) is 0.592. The van der Waals surface area contributed by atoms with Gasteiger partial charge in [0.05, 0.1) is 0 Å². The van der Waals surface area contributed by atoms with E-state index in [2.05, 4.69) is 45.8 Å². The molecule has 0 aliphatic heterocycles. The van der Waals surface area contributed by atoms with Crippen molar-refractivity contribution < 1.29 is 4.79 Å². The molecule has 0 saturated heterocycles. The third-order valence-corrected chi connectivity index (χ3v) is 4.74. The predicted octanol–water partition coefficient (Wildman–Crippen LogP) is 3.85. The van der Waals surface area contributed by atoms with Crippen molar-refractivity contribution in [2.24, 2.45) is 0 Å². The molecule has 5 heteroatoms. The van der Waals surface area contributed by atoms with Crippen LogP contribution in [-0.4, -0.2) is 24.1 Å². The highest BCUT2D eigenvalue weighted by Crippen LogP contribution is 2.32. The van der Waals surface area contributed by atoms with Gasteiger partial charge in [0.1, 0.15) is 0 Å². The van der Waals surface area contributed by atoms with Gasteiger partial charge in [0, 0.05) is 41.0 Å². The van der Waals surface area contributed by atoms with Crippen molar-refractivity contribution in [2.45, 2.75) is 5.92 Å². The number of urea groups is 1. The molecule has 3 rings (SSSR count). The van der Waals surface area contributed by atoms with E-state index in [9.17, 15) is 4.79 Å². The lowest BCUT2D eigenvalue weighted by Crippen LogP contribution is -2.37. The van der Waals surface area contributed by atoms with E-state index in [0.29, 0.717) is 13.1 Å². The SMILES string of the molecule is C=CCNC(=O)NC[C@@H](c1cccs1)c1c[nH]c2ccccc12. The number of aromatic nitrogens is 1. The molecule has 2 amide bonds. The molecule has 3 aromatic rings. The number of carbonyl (C=O) groups is 1. The van der Waals surface area contributed by atoms with Crippen LogP contribution in [0.3, 0.4) is 0 Å². The topological polar surface area (TPSA) is 56.9 Å².